The molecule has 0 radical (unpaired) electrons. The van der Waals surface area contributed by atoms with Crippen molar-refractivity contribution in [2.24, 2.45) is 10.9 Å². The molecule has 0 aliphatic rings. The third-order valence-electron chi connectivity index (χ3n) is 2.25. The highest BCUT2D eigenvalue weighted by atomic mass is 16.4. The van der Waals surface area contributed by atoms with E-state index < -0.39 is 23.5 Å². The molecule has 1 aromatic rings. The van der Waals surface area contributed by atoms with Crippen molar-refractivity contribution < 1.29 is 15.1 Å². The minimum Gasteiger partial charge on any atom is -0.464 e. The number of anilines is 1. The molecule has 6 N–H and O–H groups in total. The van der Waals surface area contributed by atoms with Crippen LogP contribution in [0.5, 0.6) is 0 Å². The van der Waals surface area contributed by atoms with Crippen LogP contribution < -0.4 is 10.6 Å². The Kier molecular flexibility index (Phi) is 4.19. The van der Waals surface area contributed by atoms with Gasteiger partial charge in [-0.2, -0.15) is 0 Å². The zero-order valence-electron chi connectivity index (χ0n) is 10.1. The first-order chi connectivity index (χ1) is 8.88. The van der Waals surface area contributed by atoms with Crippen LogP contribution in [0.2, 0.25) is 0 Å². The number of hydrogen-bond donors (Lipinski definition) is 5. The van der Waals surface area contributed by atoms with Crippen molar-refractivity contribution >= 4 is 29.2 Å². The van der Waals surface area contributed by atoms with Gasteiger partial charge >= 0.3 is 6.09 Å². The summed E-state index contributed by atoms with van der Waals surface area (Å²) in [6.07, 6.45) is -1.45. The van der Waals surface area contributed by atoms with Crippen molar-refractivity contribution in [1.82, 2.24) is 0 Å². The Bertz CT molecular complexity index is 567. The number of benzene rings is 1. The number of nitrogens with zero attached hydrogens (tertiary/aromatic N) is 2. The lowest BCUT2D eigenvalue weighted by Gasteiger charge is -2.20. The molecule has 0 unspecified atom stereocenters. The zero-order valence-corrected chi connectivity index (χ0v) is 10.1. The molecule has 0 saturated carbocycles. The Morgan fingerprint density at radius 1 is 1.42 bits per heavy atom. The predicted octanol–water partition coefficient (Wildman–Crippen LogP) is 1.22. The van der Waals surface area contributed by atoms with Crippen molar-refractivity contribution in [3.05, 3.63) is 29.8 Å². The Hall–Kier alpha value is -2.90. The third-order valence-corrected chi connectivity index (χ3v) is 2.25. The van der Waals surface area contributed by atoms with Gasteiger partial charge in [0.05, 0.1) is 5.69 Å². The lowest BCUT2D eigenvalue weighted by molar-refractivity contribution is 0.205. The van der Waals surface area contributed by atoms with Gasteiger partial charge in [-0.25, -0.2) is 9.69 Å². The van der Waals surface area contributed by atoms with E-state index in [2.05, 4.69) is 5.16 Å². The summed E-state index contributed by atoms with van der Waals surface area (Å²) in [6, 6.07) is 6.40. The molecular weight excluding hydrogens is 250 g/mol. The highest BCUT2D eigenvalue weighted by molar-refractivity contribution is 6.69. The summed E-state index contributed by atoms with van der Waals surface area (Å²) in [5, 5.41) is 35.4. The molecule has 0 bridgehead atoms. The second-order valence-electron chi connectivity index (χ2n) is 3.67. The lowest BCUT2D eigenvalue weighted by atomic mass is 10.2. The van der Waals surface area contributed by atoms with E-state index >= 15 is 0 Å². The number of amidine groups is 2. The molecule has 0 saturated heterocycles. The summed E-state index contributed by atoms with van der Waals surface area (Å²) in [4.78, 5) is 11.8. The summed E-state index contributed by atoms with van der Waals surface area (Å²) < 4.78 is 0. The average molecular weight is 263 g/mol. The summed E-state index contributed by atoms with van der Waals surface area (Å²) in [5.74, 6) is -1.40. The molecule has 0 aliphatic heterocycles. The minimum atomic E-state index is -1.45. The van der Waals surface area contributed by atoms with Gasteiger partial charge in [-0.05, 0) is 24.6 Å². The first kappa shape index (κ1) is 14.2. The molecule has 0 spiro atoms. The number of nitrogens with one attached hydrogen (secondary N) is 2. The smallest absolute Gasteiger partial charge is 0.417 e. The van der Waals surface area contributed by atoms with Gasteiger partial charge in [0.25, 0.3) is 0 Å². The molecule has 100 valence electrons. The van der Waals surface area contributed by atoms with Crippen molar-refractivity contribution in [2.45, 2.75) is 6.92 Å². The van der Waals surface area contributed by atoms with Crippen molar-refractivity contribution in [1.29, 1.82) is 10.8 Å². The van der Waals surface area contributed by atoms with Gasteiger partial charge in [0.1, 0.15) is 5.84 Å². The van der Waals surface area contributed by atoms with Gasteiger partial charge in [-0.1, -0.05) is 17.3 Å². The zero-order chi connectivity index (χ0) is 14.6. The minimum absolute atomic E-state index is 0.194. The van der Waals surface area contributed by atoms with E-state index in [-0.39, 0.29) is 5.69 Å². The predicted molar refractivity (Wildman–Crippen MR) is 70.5 cm³/mol. The normalized spacial score (nSPS) is 10.9. The quantitative estimate of drug-likeness (QED) is 0.241. The lowest BCUT2D eigenvalue weighted by Crippen LogP contribution is -2.44. The Morgan fingerprint density at radius 3 is 2.47 bits per heavy atom. The standard InChI is InChI=1S/C11H13N5O3/c1-6-3-2-4-7(5-6)16(11(17)18)10(14)8(15-19)9(12)13/h2-5,14,19H,1H3,(H3,12,13)(H,17,18)/b14-10?,15-8+. The summed E-state index contributed by atoms with van der Waals surface area (Å²) >= 11 is 0. The number of nitrogens with two attached hydrogens (primary N) is 1. The molecule has 1 aromatic carbocycles. The van der Waals surface area contributed by atoms with E-state index in [9.17, 15) is 4.79 Å². The maximum Gasteiger partial charge on any atom is 0.417 e. The Balaban J connectivity index is 3.27. The molecule has 8 nitrogen and oxygen atoms in total. The molecular formula is C11H13N5O3. The van der Waals surface area contributed by atoms with Gasteiger partial charge < -0.3 is 16.0 Å². The van der Waals surface area contributed by atoms with Crippen LogP contribution in [-0.2, 0) is 0 Å². The maximum atomic E-state index is 11.2. The van der Waals surface area contributed by atoms with E-state index in [4.69, 9.17) is 26.9 Å². The second-order valence-corrected chi connectivity index (χ2v) is 3.67. The molecule has 0 fully saturated rings. The highest BCUT2D eigenvalue weighted by Gasteiger charge is 2.25. The second kappa shape index (κ2) is 5.63. The van der Waals surface area contributed by atoms with Crippen LogP contribution in [0.1, 0.15) is 5.56 Å². The van der Waals surface area contributed by atoms with Crippen LogP contribution in [0.3, 0.4) is 0 Å². The number of rotatable bonds is 3. The summed E-state index contributed by atoms with van der Waals surface area (Å²) in [5.41, 5.74) is 5.49. The first-order valence-corrected chi connectivity index (χ1v) is 5.13. The Morgan fingerprint density at radius 2 is 2.05 bits per heavy atom. The van der Waals surface area contributed by atoms with Crippen molar-refractivity contribution in [3.8, 4) is 0 Å². The monoisotopic (exact) mass is 263 g/mol. The van der Waals surface area contributed by atoms with E-state index in [0.717, 1.165) is 5.56 Å². The van der Waals surface area contributed by atoms with E-state index in [1.165, 1.54) is 12.1 Å². The number of aryl methyl sites for hydroxylation is 1. The molecule has 0 heterocycles. The number of hydrogen-bond acceptors (Lipinski definition) is 5. The number of carboxylic acid groups (broad SMARTS) is 1. The molecule has 8 heteroatoms. The van der Waals surface area contributed by atoms with Crippen molar-refractivity contribution in [3.63, 3.8) is 0 Å². The van der Waals surface area contributed by atoms with E-state index in [1.807, 2.05) is 0 Å². The van der Waals surface area contributed by atoms with E-state index in [1.54, 1.807) is 19.1 Å². The molecule has 1 rings (SSSR count). The molecule has 0 aliphatic carbocycles. The van der Waals surface area contributed by atoms with Gasteiger partial charge in [-0.15, -0.1) is 0 Å². The fraction of sp³-hybridized carbons (Fsp3) is 0.0909. The largest absolute Gasteiger partial charge is 0.464 e. The molecule has 19 heavy (non-hydrogen) atoms. The number of amides is 1. The molecule has 0 atom stereocenters. The SMILES string of the molecule is Cc1cccc(N(C(=N)/C(=N/O)C(=N)N)C(=O)O)c1. The fourth-order valence-electron chi connectivity index (χ4n) is 1.44. The summed E-state index contributed by atoms with van der Waals surface area (Å²) in [6.45, 7) is 1.76. The first-order valence-electron chi connectivity index (χ1n) is 5.13. The third kappa shape index (κ3) is 3.06. The highest BCUT2D eigenvalue weighted by Crippen LogP contribution is 2.17. The van der Waals surface area contributed by atoms with E-state index in [0.29, 0.717) is 4.90 Å². The number of oxime groups is 1. The van der Waals surface area contributed by atoms with Crippen molar-refractivity contribution in [2.75, 3.05) is 4.90 Å². The van der Waals surface area contributed by atoms with Gasteiger partial charge in [0.15, 0.2) is 11.5 Å². The fourth-order valence-corrected chi connectivity index (χ4v) is 1.44. The van der Waals surface area contributed by atoms with Crippen LogP contribution in [0.4, 0.5) is 10.5 Å². The molecule has 0 aromatic heterocycles. The Labute approximate surface area is 108 Å². The van der Waals surface area contributed by atoms with Gasteiger partial charge in [0, 0.05) is 0 Å². The maximum absolute atomic E-state index is 11.2. The topological polar surface area (TPSA) is 147 Å². The number of carbonyl (C=O) groups is 1. The molecule has 1 amide bonds. The van der Waals surface area contributed by atoms with Crippen LogP contribution in [0.15, 0.2) is 29.4 Å². The summed E-state index contributed by atoms with van der Waals surface area (Å²) in [7, 11) is 0. The van der Waals surface area contributed by atoms with Crippen LogP contribution in [0.25, 0.3) is 0 Å². The van der Waals surface area contributed by atoms with Crippen LogP contribution in [0, 0.1) is 17.7 Å². The van der Waals surface area contributed by atoms with Crippen LogP contribution >= 0.6 is 0 Å². The average Bonchev–Trinajstić information content (AvgIpc) is 2.28. The van der Waals surface area contributed by atoms with Gasteiger partial charge in [0.2, 0.25) is 0 Å². The van der Waals surface area contributed by atoms with Crippen LogP contribution in [-0.4, -0.2) is 33.8 Å². The van der Waals surface area contributed by atoms with Gasteiger partial charge in [-0.3, -0.25) is 10.8 Å².